The van der Waals surface area contributed by atoms with E-state index in [1.54, 1.807) is 7.11 Å². The van der Waals surface area contributed by atoms with E-state index >= 15 is 0 Å². The molecule has 74 valence electrons. The van der Waals surface area contributed by atoms with Crippen LogP contribution in [0.25, 0.3) is 0 Å². The van der Waals surface area contributed by atoms with Crippen molar-refractivity contribution in [1.82, 2.24) is 4.72 Å². The first-order chi connectivity index (χ1) is 5.62. The van der Waals surface area contributed by atoms with E-state index in [4.69, 9.17) is 9.47 Å². The Hall–Kier alpha value is -0.170. The van der Waals surface area contributed by atoms with Crippen LogP contribution in [0.1, 0.15) is 0 Å². The zero-order valence-electron chi connectivity index (χ0n) is 7.37. The quantitative estimate of drug-likeness (QED) is 0.543. The minimum absolute atomic E-state index is 0.00673. The third-order valence-corrected chi connectivity index (χ3v) is 2.57. The maximum atomic E-state index is 10.8. The molecule has 0 atom stereocenters. The largest absolute Gasteiger partial charge is 0.382 e. The number of rotatable bonds is 7. The van der Waals surface area contributed by atoms with Gasteiger partial charge in [-0.2, -0.15) is 0 Å². The Kier molecular flexibility index (Phi) is 6.27. The Morgan fingerprint density at radius 3 is 2.42 bits per heavy atom. The molecule has 6 heteroatoms. The molecule has 0 saturated carbocycles. The molecule has 0 bridgehead atoms. The van der Waals surface area contributed by atoms with Crippen molar-refractivity contribution in [1.29, 1.82) is 0 Å². The second-order valence-electron chi connectivity index (χ2n) is 2.13. The van der Waals surface area contributed by atoms with Gasteiger partial charge in [0.05, 0.1) is 25.6 Å². The van der Waals surface area contributed by atoms with Crippen LogP contribution in [-0.2, 0) is 19.5 Å². The second kappa shape index (κ2) is 6.36. The SMILES string of the molecule is CNS(=O)(=O)CCOCCOC. The van der Waals surface area contributed by atoms with E-state index < -0.39 is 10.0 Å². The average molecular weight is 197 g/mol. The van der Waals surface area contributed by atoms with Crippen LogP contribution in [-0.4, -0.2) is 48.1 Å². The maximum Gasteiger partial charge on any atom is 0.213 e. The standard InChI is InChI=1S/C6H15NO4S/c1-7-12(8,9)6-5-11-4-3-10-2/h7H,3-6H2,1-2H3. The summed E-state index contributed by atoms with van der Waals surface area (Å²) in [7, 11) is -0.180. The molecular weight excluding hydrogens is 182 g/mol. The van der Waals surface area contributed by atoms with Gasteiger partial charge in [0.15, 0.2) is 0 Å². The summed E-state index contributed by atoms with van der Waals surface area (Å²) in [6.07, 6.45) is 0. The summed E-state index contributed by atoms with van der Waals surface area (Å²) >= 11 is 0. The van der Waals surface area contributed by atoms with E-state index in [0.717, 1.165) is 0 Å². The first-order valence-corrected chi connectivity index (χ1v) is 5.25. The van der Waals surface area contributed by atoms with E-state index in [-0.39, 0.29) is 12.4 Å². The topological polar surface area (TPSA) is 64.6 Å². The molecule has 0 amide bonds. The van der Waals surface area contributed by atoms with Crippen LogP contribution < -0.4 is 4.72 Å². The first-order valence-electron chi connectivity index (χ1n) is 3.60. The van der Waals surface area contributed by atoms with Gasteiger partial charge in [-0.05, 0) is 7.05 Å². The molecule has 0 aromatic carbocycles. The van der Waals surface area contributed by atoms with Gasteiger partial charge in [-0.1, -0.05) is 0 Å². The highest BCUT2D eigenvalue weighted by atomic mass is 32.2. The lowest BCUT2D eigenvalue weighted by molar-refractivity contribution is 0.0784. The molecule has 0 heterocycles. The van der Waals surface area contributed by atoms with Crippen molar-refractivity contribution in [2.75, 3.05) is 39.7 Å². The first kappa shape index (κ1) is 11.8. The van der Waals surface area contributed by atoms with Crippen LogP contribution in [0.2, 0.25) is 0 Å². The smallest absolute Gasteiger partial charge is 0.213 e. The Bertz CT molecular complexity index is 190. The molecule has 0 aliphatic heterocycles. The normalized spacial score (nSPS) is 11.8. The van der Waals surface area contributed by atoms with Crippen LogP contribution in [0.3, 0.4) is 0 Å². The number of methoxy groups -OCH3 is 1. The Labute approximate surface area is 73.1 Å². The van der Waals surface area contributed by atoms with Crippen molar-refractivity contribution in [2.24, 2.45) is 0 Å². The van der Waals surface area contributed by atoms with Crippen LogP contribution in [0, 0.1) is 0 Å². The van der Waals surface area contributed by atoms with Crippen molar-refractivity contribution < 1.29 is 17.9 Å². The minimum atomic E-state index is -3.12. The Morgan fingerprint density at radius 2 is 1.92 bits per heavy atom. The third-order valence-electron chi connectivity index (χ3n) is 1.24. The molecule has 0 rings (SSSR count). The van der Waals surface area contributed by atoms with Crippen LogP contribution in [0.15, 0.2) is 0 Å². The Balaban J connectivity index is 3.32. The molecule has 1 N–H and O–H groups in total. The van der Waals surface area contributed by atoms with E-state index in [0.29, 0.717) is 13.2 Å². The third kappa shape index (κ3) is 6.53. The predicted molar refractivity (Wildman–Crippen MR) is 45.5 cm³/mol. The number of hydrogen-bond acceptors (Lipinski definition) is 4. The molecule has 0 saturated heterocycles. The monoisotopic (exact) mass is 197 g/mol. The van der Waals surface area contributed by atoms with E-state index in [1.807, 2.05) is 0 Å². The van der Waals surface area contributed by atoms with E-state index in [9.17, 15) is 8.42 Å². The fourth-order valence-corrected chi connectivity index (χ4v) is 1.06. The molecule has 0 aliphatic rings. The van der Waals surface area contributed by atoms with Gasteiger partial charge in [-0.3, -0.25) is 0 Å². The summed E-state index contributed by atoms with van der Waals surface area (Å²) in [6.45, 7) is 1.11. The lowest BCUT2D eigenvalue weighted by atomic mass is 10.7. The van der Waals surface area contributed by atoms with Gasteiger partial charge in [0.25, 0.3) is 0 Å². The highest BCUT2D eigenvalue weighted by Gasteiger charge is 2.05. The molecule has 5 nitrogen and oxygen atoms in total. The summed E-state index contributed by atoms with van der Waals surface area (Å²) in [5, 5.41) is 0. The second-order valence-corrected chi connectivity index (χ2v) is 4.17. The van der Waals surface area contributed by atoms with Crippen molar-refractivity contribution in [2.45, 2.75) is 0 Å². The van der Waals surface area contributed by atoms with Gasteiger partial charge in [-0.15, -0.1) is 0 Å². The van der Waals surface area contributed by atoms with Crippen molar-refractivity contribution in [3.63, 3.8) is 0 Å². The minimum Gasteiger partial charge on any atom is -0.382 e. The van der Waals surface area contributed by atoms with Crippen LogP contribution in [0.4, 0.5) is 0 Å². The number of sulfonamides is 1. The number of nitrogens with one attached hydrogen (secondary N) is 1. The van der Waals surface area contributed by atoms with Gasteiger partial charge >= 0.3 is 0 Å². The Morgan fingerprint density at radius 1 is 1.25 bits per heavy atom. The van der Waals surface area contributed by atoms with E-state index in [1.165, 1.54) is 7.05 Å². The van der Waals surface area contributed by atoms with Crippen molar-refractivity contribution in [3.05, 3.63) is 0 Å². The molecule has 0 radical (unpaired) electrons. The summed E-state index contributed by atoms with van der Waals surface area (Å²) in [4.78, 5) is 0. The van der Waals surface area contributed by atoms with Crippen LogP contribution >= 0.6 is 0 Å². The van der Waals surface area contributed by atoms with Gasteiger partial charge in [0, 0.05) is 7.11 Å². The fraction of sp³-hybridized carbons (Fsp3) is 1.00. The van der Waals surface area contributed by atoms with Crippen molar-refractivity contribution in [3.8, 4) is 0 Å². The molecule has 0 aromatic rings. The maximum absolute atomic E-state index is 10.8. The summed E-state index contributed by atoms with van der Waals surface area (Å²) in [6, 6.07) is 0. The lowest BCUT2D eigenvalue weighted by Gasteiger charge is -2.03. The predicted octanol–water partition coefficient (Wildman–Crippen LogP) is -0.801. The van der Waals surface area contributed by atoms with E-state index in [2.05, 4.69) is 4.72 Å². The fourth-order valence-electron chi connectivity index (χ4n) is 0.515. The zero-order valence-corrected chi connectivity index (χ0v) is 8.19. The zero-order chi connectivity index (χ0) is 9.45. The summed E-state index contributed by atoms with van der Waals surface area (Å²) < 4.78 is 33.5. The van der Waals surface area contributed by atoms with Gasteiger partial charge in [-0.25, -0.2) is 13.1 Å². The molecule has 0 spiro atoms. The van der Waals surface area contributed by atoms with Gasteiger partial charge in [0.1, 0.15) is 0 Å². The summed E-state index contributed by atoms with van der Waals surface area (Å²) in [5.41, 5.74) is 0. The number of hydrogen-bond donors (Lipinski definition) is 1. The molecule has 12 heavy (non-hydrogen) atoms. The van der Waals surface area contributed by atoms with Crippen LogP contribution in [0.5, 0.6) is 0 Å². The highest BCUT2D eigenvalue weighted by molar-refractivity contribution is 7.89. The van der Waals surface area contributed by atoms with Gasteiger partial charge in [0.2, 0.25) is 10.0 Å². The summed E-state index contributed by atoms with van der Waals surface area (Å²) in [5.74, 6) is -0.00673. The van der Waals surface area contributed by atoms with Crippen molar-refractivity contribution >= 4 is 10.0 Å². The van der Waals surface area contributed by atoms with Gasteiger partial charge < -0.3 is 9.47 Å². The molecule has 0 aromatic heterocycles. The molecule has 0 fully saturated rings. The molecule has 0 unspecified atom stereocenters. The number of ether oxygens (including phenoxy) is 2. The lowest BCUT2D eigenvalue weighted by Crippen LogP contribution is -2.25. The average Bonchev–Trinajstić information content (AvgIpc) is 2.04. The highest BCUT2D eigenvalue weighted by Crippen LogP contribution is 1.83. The molecule has 0 aliphatic carbocycles. The molecular formula is C6H15NO4S.